The van der Waals surface area contributed by atoms with Gasteiger partial charge in [0.25, 0.3) is 0 Å². The average Bonchev–Trinajstić information content (AvgIpc) is 2.58. The quantitative estimate of drug-likeness (QED) is 0.722. The molecule has 5 heteroatoms. The van der Waals surface area contributed by atoms with Gasteiger partial charge in [0.05, 0.1) is 22.8 Å². The lowest BCUT2D eigenvalue weighted by molar-refractivity contribution is 0.402. The molecule has 0 heterocycles. The number of aryl methyl sites for hydroxylation is 1. The minimum atomic E-state index is 0.124. The number of fused-ring (bicyclic) bond motifs is 1. The molecule has 0 spiro atoms. The summed E-state index contributed by atoms with van der Waals surface area (Å²) in [5.41, 5.74) is 10.0. The van der Waals surface area contributed by atoms with Gasteiger partial charge in [-0.1, -0.05) is 29.3 Å². The Bertz CT molecular complexity index is 725. The summed E-state index contributed by atoms with van der Waals surface area (Å²) in [6.45, 7) is 2.12. The van der Waals surface area contributed by atoms with Gasteiger partial charge in [-0.15, -0.1) is 0 Å². The van der Waals surface area contributed by atoms with Gasteiger partial charge in [-0.2, -0.15) is 0 Å². The highest BCUT2D eigenvalue weighted by molar-refractivity contribution is 6.38. The molecule has 3 nitrogen and oxygen atoms in total. The van der Waals surface area contributed by atoms with E-state index in [1.165, 1.54) is 11.1 Å². The molecule has 24 heavy (non-hydrogen) atoms. The van der Waals surface area contributed by atoms with E-state index in [1.807, 2.05) is 18.2 Å². The van der Waals surface area contributed by atoms with Gasteiger partial charge < -0.3 is 15.8 Å². The minimum absolute atomic E-state index is 0.124. The number of nitrogens with one attached hydrogen (secondary N) is 1. The topological polar surface area (TPSA) is 47.3 Å². The van der Waals surface area contributed by atoms with E-state index in [4.69, 9.17) is 33.7 Å². The van der Waals surface area contributed by atoms with Crippen LogP contribution in [0.1, 0.15) is 48.5 Å². The summed E-state index contributed by atoms with van der Waals surface area (Å²) in [4.78, 5) is 0. The number of nitrogen functional groups attached to an aromatic ring is 1. The van der Waals surface area contributed by atoms with Gasteiger partial charge in [-0.25, -0.2) is 0 Å². The van der Waals surface area contributed by atoms with Crippen molar-refractivity contribution in [3.8, 4) is 5.75 Å². The SMILES string of the molecule is COc1ccc2c(c1)CCC[C@@H]2N[C@@H](C)c1cc(Cl)c(N)c(Cl)c1. The highest BCUT2D eigenvalue weighted by Gasteiger charge is 2.23. The standard InChI is InChI=1S/C19H22Cl2N2O/c1-11(13-9-16(20)19(22)17(21)10-13)23-18-5-3-4-12-8-14(24-2)6-7-15(12)18/h6-11,18,23H,3-5,22H2,1-2H3/t11-,18-/m0/s1. The second kappa shape index (κ2) is 7.22. The van der Waals surface area contributed by atoms with E-state index in [2.05, 4.69) is 24.4 Å². The lowest BCUT2D eigenvalue weighted by Gasteiger charge is -2.30. The molecule has 0 amide bonds. The fourth-order valence-corrected chi connectivity index (χ4v) is 3.85. The van der Waals surface area contributed by atoms with Crippen LogP contribution in [0.15, 0.2) is 30.3 Å². The van der Waals surface area contributed by atoms with Crippen LogP contribution in [0.2, 0.25) is 10.0 Å². The Balaban J connectivity index is 1.82. The van der Waals surface area contributed by atoms with E-state index in [-0.39, 0.29) is 6.04 Å². The molecule has 2 aromatic rings. The summed E-state index contributed by atoms with van der Waals surface area (Å²) in [6, 6.07) is 10.5. The lowest BCUT2D eigenvalue weighted by atomic mass is 9.87. The molecule has 128 valence electrons. The normalized spacial score (nSPS) is 18.1. The number of benzene rings is 2. The lowest BCUT2D eigenvalue weighted by Crippen LogP contribution is -2.27. The molecule has 0 bridgehead atoms. The molecule has 0 saturated heterocycles. The van der Waals surface area contributed by atoms with E-state index in [0.29, 0.717) is 21.8 Å². The van der Waals surface area contributed by atoms with E-state index in [9.17, 15) is 0 Å². The zero-order valence-corrected chi connectivity index (χ0v) is 15.4. The number of ether oxygens (including phenoxy) is 1. The van der Waals surface area contributed by atoms with Gasteiger partial charge in [0.15, 0.2) is 0 Å². The Morgan fingerprint density at radius 3 is 2.58 bits per heavy atom. The van der Waals surface area contributed by atoms with Gasteiger partial charge in [0.2, 0.25) is 0 Å². The van der Waals surface area contributed by atoms with Crippen molar-refractivity contribution < 1.29 is 4.74 Å². The maximum atomic E-state index is 6.17. The third kappa shape index (κ3) is 3.49. The van der Waals surface area contributed by atoms with Crippen LogP contribution in [0.25, 0.3) is 0 Å². The van der Waals surface area contributed by atoms with Crippen molar-refractivity contribution in [1.29, 1.82) is 0 Å². The van der Waals surface area contributed by atoms with Crippen LogP contribution in [-0.4, -0.2) is 7.11 Å². The number of hydrogen-bond donors (Lipinski definition) is 2. The molecule has 0 fully saturated rings. The van der Waals surface area contributed by atoms with Crippen molar-refractivity contribution in [2.75, 3.05) is 12.8 Å². The van der Waals surface area contributed by atoms with Gasteiger partial charge in [0.1, 0.15) is 5.75 Å². The Labute approximate surface area is 153 Å². The highest BCUT2D eigenvalue weighted by Crippen LogP contribution is 2.35. The molecule has 3 rings (SSSR count). The monoisotopic (exact) mass is 364 g/mol. The van der Waals surface area contributed by atoms with E-state index < -0.39 is 0 Å². The molecule has 0 radical (unpaired) electrons. The van der Waals surface area contributed by atoms with Gasteiger partial charge in [0, 0.05) is 12.1 Å². The highest BCUT2D eigenvalue weighted by atomic mass is 35.5. The third-order valence-electron chi connectivity index (χ3n) is 4.72. The first-order chi connectivity index (χ1) is 11.5. The summed E-state index contributed by atoms with van der Waals surface area (Å²) >= 11 is 12.3. The summed E-state index contributed by atoms with van der Waals surface area (Å²) in [6.07, 6.45) is 3.37. The molecular formula is C19H22Cl2N2O. The Morgan fingerprint density at radius 2 is 1.92 bits per heavy atom. The van der Waals surface area contributed by atoms with Crippen molar-refractivity contribution >= 4 is 28.9 Å². The summed E-state index contributed by atoms with van der Waals surface area (Å²) in [5, 5.41) is 4.70. The molecular weight excluding hydrogens is 343 g/mol. The fraction of sp³-hybridized carbons (Fsp3) is 0.368. The van der Waals surface area contributed by atoms with Crippen LogP contribution in [0.4, 0.5) is 5.69 Å². The first kappa shape index (κ1) is 17.4. The Kier molecular flexibility index (Phi) is 5.24. The second-order valence-corrected chi connectivity index (χ2v) is 7.11. The van der Waals surface area contributed by atoms with Crippen molar-refractivity contribution in [3.05, 3.63) is 57.1 Å². The van der Waals surface area contributed by atoms with Crippen LogP contribution < -0.4 is 15.8 Å². The van der Waals surface area contributed by atoms with Crippen molar-refractivity contribution in [2.45, 2.75) is 38.3 Å². The smallest absolute Gasteiger partial charge is 0.119 e. The number of anilines is 1. The molecule has 3 N–H and O–H groups in total. The Morgan fingerprint density at radius 1 is 1.21 bits per heavy atom. The van der Waals surface area contributed by atoms with Gasteiger partial charge in [-0.05, 0) is 67.1 Å². The number of nitrogens with two attached hydrogens (primary N) is 1. The van der Waals surface area contributed by atoms with E-state index >= 15 is 0 Å². The maximum absolute atomic E-state index is 6.17. The molecule has 1 aliphatic rings. The zero-order valence-electron chi connectivity index (χ0n) is 13.9. The number of halogens is 2. The van der Waals surface area contributed by atoms with Crippen molar-refractivity contribution in [1.82, 2.24) is 5.32 Å². The zero-order chi connectivity index (χ0) is 17.3. The summed E-state index contributed by atoms with van der Waals surface area (Å²) in [7, 11) is 1.71. The van der Waals surface area contributed by atoms with Gasteiger partial charge >= 0.3 is 0 Å². The van der Waals surface area contributed by atoms with Crippen LogP contribution in [-0.2, 0) is 6.42 Å². The molecule has 2 atom stereocenters. The van der Waals surface area contributed by atoms with Crippen LogP contribution in [0.3, 0.4) is 0 Å². The van der Waals surface area contributed by atoms with Crippen molar-refractivity contribution in [2.24, 2.45) is 0 Å². The molecule has 0 saturated carbocycles. The predicted octanol–water partition coefficient (Wildman–Crippen LogP) is 5.31. The largest absolute Gasteiger partial charge is 0.497 e. The van der Waals surface area contributed by atoms with Crippen LogP contribution in [0.5, 0.6) is 5.75 Å². The maximum Gasteiger partial charge on any atom is 0.119 e. The third-order valence-corrected chi connectivity index (χ3v) is 5.34. The van der Waals surface area contributed by atoms with Crippen LogP contribution in [0, 0.1) is 0 Å². The molecule has 0 aromatic heterocycles. The van der Waals surface area contributed by atoms with Crippen molar-refractivity contribution in [3.63, 3.8) is 0 Å². The first-order valence-electron chi connectivity index (χ1n) is 8.17. The number of methoxy groups -OCH3 is 1. The van der Waals surface area contributed by atoms with E-state index in [1.54, 1.807) is 7.11 Å². The van der Waals surface area contributed by atoms with Crippen LogP contribution >= 0.6 is 23.2 Å². The predicted molar refractivity (Wildman–Crippen MR) is 101 cm³/mol. The fourth-order valence-electron chi connectivity index (χ4n) is 3.34. The first-order valence-corrected chi connectivity index (χ1v) is 8.92. The van der Waals surface area contributed by atoms with Gasteiger partial charge in [-0.3, -0.25) is 0 Å². The molecule has 2 aromatic carbocycles. The van der Waals surface area contributed by atoms with E-state index in [0.717, 1.165) is 30.6 Å². The molecule has 0 unspecified atom stereocenters. The second-order valence-electron chi connectivity index (χ2n) is 6.30. The summed E-state index contributed by atoms with van der Waals surface area (Å²) < 4.78 is 5.34. The average molecular weight is 365 g/mol. The Hall–Kier alpha value is -1.42. The number of hydrogen-bond acceptors (Lipinski definition) is 3. The molecule has 0 aliphatic heterocycles. The number of rotatable bonds is 4. The summed E-state index contributed by atoms with van der Waals surface area (Å²) in [5.74, 6) is 0.916. The molecule has 1 aliphatic carbocycles. The minimum Gasteiger partial charge on any atom is -0.497 e.